The van der Waals surface area contributed by atoms with Gasteiger partial charge in [-0.3, -0.25) is 9.59 Å². The summed E-state index contributed by atoms with van der Waals surface area (Å²) in [4.78, 5) is 23.9. The number of rotatable bonds is 5. The van der Waals surface area contributed by atoms with E-state index in [0.29, 0.717) is 24.3 Å². The number of ether oxygens (including phenoxy) is 1. The smallest absolute Gasteiger partial charge is 0.262 e. The fourth-order valence-electron chi connectivity index (χ4n) is 3.42. The number of nitrogens with one attached hydrogen (secondary N) is 2. The van der Waals surface area contributed by atoms with Gasteiger partial charge in [0.15, 0.2) is 6.61 Å². The third-order valence-corrected chi connectivity index (χ3v) is 4.76. The number of carbonyl (C=O) groups excluding carboxylic acids is 2. The highest BCUT2D eigenvalue weighted by Gasteiger charge is 2.16. The van der Waals surface area contributed by atoms with E-state index in [1.54, 1.807) is 12.1 Å². The Kier molecular flexibility index (Phi) is 5.03. The maximum absolute atomic E-state index is 12.5. The number of hydrogen-bond acceptors (Lipinski definition) is 4. The molecule has 7 heteroatoms. The highest BCUT2D eigenvalue weighted by atomic mass is 16.5. The molecule has 0 unspecified atom stereocenters. The van der Waals surface area contributed by atoms with Gasteiger partial charge in [-0.15, -0.1) is 0 Å². The second-order valence-corrected chi connectivity index (χ2v) is 7.06. The van der Waals surface area contributed by atoms with Gasteiger partial charge in [0.1, 0.15) is 5.75 Å². The third kappa shape index (κ3) is 4.13. The molecule has 0 atom stereocenters. The molecule has 1 aliphatic heterocycles. The van der Waals surface area contributed by atoms with E-state index in [0.717, 1.165) is 28.3 Å². The Bertz CT molecular complexity index is 1090. The molecule has 2 amide bonds. The van der Waals surface area contributed by atoms with Crippen LogP contribution in [0, 0.1) is 13.8 Å². The SMILES string of the molecule is Cc1cc(C)n(-c2ccccc2NC(=O)COc2ccc3c(c2)CCC(=O)N3)n1. The fourth-order valence-corrected chi connectivity index (χ4v) is 3.42. The number of fused-ring (bicyclic) bond motifs is 1. The van der Waals surface area contributed by atoms with Gasteiger partial charge in [0, 0.05) is 17.8 Å². The number of hydrogen-bond donors (Lipinski definition) is 2. The Balaban J connectivity index is 1.43. The molecule has 148 valence electrons. The van der Waals surface area contributed by atoms with Crippen LogP contribution in [0.1, 0.15) is 23.4 Å². The summed E-state index contributed by atoms with van der Waals surface area (Å²) in [5, 5.41) is 10.2. The lowest BCUT2D eigenvalue weighted by atomic mass is 10.0. The monoisotopic (exact) mass is 390 g/mol. The number of para-hydroxylation sites is 2. The maximum Gasteiger partial charge on any atom is 0.262 e. The van der Waals surface area contributed by atoms with Crippen LogP contribution in [0.25, 0.3) is 5.69 Å². The number of benzene rings is 2. The molecule has 0 saturated heterocycles. The van der Waals surface area contributed by atoms with Gasteiger partial charge in [0.2, 0.25) is 5.91 Å². The number of amides is 2. The average molecular weight is 390 g/mol. The van der Waals surface area contributed by atoms with Crippen LogP contribution in [-0.2, 0) is 16.0 Å². The molecule has 0 radical (unpaired) electrons. The molecular weight excluding hydrogens is 368 g/mol. The number of nitrogens with zero attached hydrogens (tertiary/aromatic N) is 2. The Morgan fingerprint density at radius 2 is 2.00 bits per heavy atom. The van der Waals surface area contributed by atoms with Crippen molar-refractivity contribution in [3.05, 3.63) is 65.5 Å². The van der Waals surface area contributed by atoms with Crippen molar-refractivity contribution in [1.29, 1.82) is 0 Å². The van der Waals surface area contributed by atoms with Crippen LogP contribution in [-0.4, -0.2) is 28.2 Å². The molecule has 0 bridgehead atoms. The van der Waals surface area contributed by atoms with Crippen molar-refractivity contribution in [1.82, 2.24) is 9.78 Å². The quantitative estimate of drug-likeness (QED) is 0.699. The highest BCUT2D eigenvalue weighted by Crippen LogP contribution is 2.27. The summed E-state index contributed by atoms with van der Waals surface area (Å²) in [5.41, 5.74) is 5.18. The van der Waals surface area contributed by atoms with E-state index in [1.807, 2.05) is 54.9 Å². The van der Waals surface area contributed by atoms with Gasteiger partial charge >= 0.3 is 0 Å². The van der Waals surface area contributed by atoms with Gasteiger partial charge < -0.3 is 15.4 Å². The molecule has 0 fully saturated rings. The summed E-state index contributed by atoms with van der Waals surface area (Å²) in [6.07, 6.45) is 1.13. The molecule has 2 heterocycles. The van der Waals surface area contributed by atoms with Gasteiger partial charge in [-0.25, -0.2) is 4.68 Å². The van der Waals surface area contributed by atoms with Gasteiger partial charge in [-0.1, -0.05) is 12.1 Å². The molecule has 2 N–H and O–H groups in total. The summed E-state index contributed by atoms with van der Waals surface area (Å²) >= 11 is 0. The minimum Gasteiger partial charge on any atom is -0.484 e. The lowest BCUT2D eigenvalue weighted by Gasteiger charge is -2.17. The Morgan fingerprint density at radius 1 is 1.17 bits per heavy atom. The Morgan fingerprint density at radius 3 is 2.79 bits per heavy atom. The van der Waals surface area contributed by atoms with Crippen LogP contribution in [0.2, 0.25) is 0 Å². The summed E-state index contributed by atoms with van der Waals surface area (Å²) in [6, 6.07) is 14.9. The zero-order chi connectivity index (χ0) is 20.4. The van der Waals surface area contributed by atoms with Crippen LogP contribution in [0.3, 0.4) is 0 Å². The summed E-state index contributed by atoms with van der Waals surface area (Å²) < 4.78 is 7.47. The summed E-state index contributed by atoms with van der Waals surface area (Å²) in [5.74, 6) is 0.360. The van der Waals surface area contributed by atoms with Crippen LogP contribution < -0.4 is 15.4 Å². The van der Waals surface area contributed by atoms with Crippen molar-refractivity contribution in [2.75, 3.05) is 17.2 Å². The van der Waals surface area contributed by atoms with Crippen LogP contribution >= 0.6 is 0 Å². The molecule has 2 aromatic carbocycles. The second-order valence-electron chi connectivity index (χ2n) is 7.06. The zero-order valence-corrected chi connectivity index (χ0v) is 16.4. The third-order valence-electron chi connectivity index (χ3n) is 4.76. The standard InChI is InChI=1S/C22H22N4O3/c1-14-11-15(2)26(25-14)20-6-4-3-5-19(20)24-22(28)13-29-17-8-9-18-16(12-17)7-10-21(27)23-18/h3-6,8-9,11-12H,7,10,13H2,1-2H3,(H,23,27)(H,24,28). The largest absolute Gasteiger partial charge is 0.484 e. The van der Waals surface area contributed by atoms with Crippen molar-refractivity contribution >= 4 is 23.2 Å². The fraction of sp³-hybridized carbons (Fsp3) is 0.227. The average Bonchev–Trinajstić information content (AvgIpc) is 3.04. The molecule has 3 aromatic rings. The first-order valence-corrected chi connectivity index (χ1v) is 9.48. The summed E-state index contributed by atoms with van der Waals surface area (Å²) in [7, 11) is 0. The maximum atomic E-state index is 12.5. The minimum absolute atomic E-state index is 0.0202. The topological polar surface area (TPSA) is 85.2 Å². The summed E-state index contributed by atoms with van der Waals surface area (Å²) in [6.45, 7) is 3.79. The number of carbonyl (C=O) groups is 2. The molecule has 4 rings (SSSR count). The van der Waals surface area contributed by atoms with Crippen LogP contribution in [0.4, 0.5) is 11.4 Å². The van der Waals surface area contributed by atoms with Crippen molar-refractivity contribution in [3.8, 4) is 11.4 Å². The molecule has 29 heavy (non-hydrogen) atoms. The zero-order valence-electron chi connectivity index (χ0n) is 16.4. The minimum atomic E-state index is -0.259. The molecule has 0 spiro atoms. The van der Waals surface area contributed by atoms with Crippen molar-refractivity contribution in [2.45, 2.75) is 26.7 Å². The van der Waals surface area contributed by atoms with Gasteiger partial charge in [0.25, 0.3) is 5.91 Å². The van der Waals surface area contributed by atoms with E-state index in [9.17, 15) is 9.59 Å². The first-order chi connectivity index (χ1) is 14.0. The number of aromatic nitrogens is 2. The molecule has 0 saturated carbocycles. The van der Waals surface area contributed by atoms with Crippen molar-refractivity contribution in [2.24, 2.45) is 0 Å². The number of aryl methyl sites for hydroxylation is 3. The normalized spacial score (nSPS) is 12.8. The molecule has 1 aliphatic rings. The Labute approximate surface area is 168 Å². The molecular formula is C22H22N4O3. The molecule has 7 nitrogen and oxygen atoms in total. The molecule has 1 aromatic heterocycles. The first-order valence-electron chi connectivity index (χ1n) is 9.48. The van der Waals surface area contributed by atoms with Crippen LogP contribution in [0.5, 0.6) is 5.75 Å². The highest BCUT2D eigenvalue weighted by molar-refractivity contribution is 5.94. The van der Waals surface area contributed by atoms with E-state index >= 15 is 0 Å². The number of anilines is 2. The predicted octanol–water partition coefficient (Wildman–Crippen LogP) is 3.39. The second kappa shape index (κ2) is 7.79. The van der Waals surface area contributed by atoms with E-state index in [4.69, 9.17) is 4.74 Å². The van der Waals surface area contributed by atoms with E-state index < -0.39 is 0 Å². The van der Waals surface area contributed by atoms with E-state index in [1.165, 1.54) is 0 Å². The predicted molar refractivity (Wildman–Crippen MR) is 111 cm³/mol. The van der Waals surface area contributed by atoms with E-state index in [-0.39, 0.29) is 18.4 Å². The van der Waals surface area contributed by atoms with Crippen LogP contribution in [0.15, 0.2) is 48.5 Å². The first kappa shape index (κ1) is 18.7. The lowest BCUT2D eigenvalue weighted by molar-refractivity contribution is -0.118. The van der Waals surface area contributed by atoms with Gasteiger partial charge in [0.05, 0.1) is 17.1 Å². The Hall–Kier alpha value is -3.61. The van der Waals surface area contributed by atoms with Crippen molar-refractivity contribution in [3.63, 3.8) is 0 Å². The molecule has 0 aliphatic carbocycles. The van der Waals surface area contributed by atoms with E-state index in [2.05, 4.69) is 15.7 Å². The van der Waals surface area contributed by atoms with Gasteiger partial charge in [-0.2, -0.15) is 5.10 Å². The van der Waals surface area contributed by atoms with Gasteiger partial charge in [-0.05, 0) is 62.2 Å². The van der Waals surface area contributed by atoms with Crippen molar-refractivity contribution < 1.29 is 14.3 Å². The lowest BCUT2D eigenvalue weighted by Crippen LogP contribution is -2.22.